The summed E-state index contributed by atoms with van der Waals surface area (Å²) in [6, 6.07) is 12.4. The van der Waals surface area contributed by atoms with Gasteiger partial charge >= 0.3 is 0 Å². The smallest absolute Gasteiger partial charge is 0.291 e. The van der Waals surface area contributed by atoms with Gasteiger partial charge in [-0.3, -0.25) is 9.59 Å². The zero-order valence-corrected chi connectivity index (χ0v) is 17.0. The summed E-state index contributed by atoms with van der Waals surface area (Å²) in [5.74, 6) is 0.589. The summed E-state index contributed by atoms with van der Waals surface area (Å²) in [6.45, 7) is 3.06. The van der Waals surface area contributed by atoms with Crippen molar-refractivity contribution in [3.63, 3.8) is 0 Å². The number of benzene rings is 2. The number of aryl methyl sites for hydroxylation is 1. The van der Waals surface area contributed by atoms with Crippen molar-refractivity contribution in [1.29, 1.82) is 0 Å². The monoisotopic (exact) mass is 405 g/mol. The molecule has 1 aromatic heterocycles. The molecular weight excluding hydrogens is 382 g/mol. The maximum Gasteiger partial charge on any atom is 0.291 e. The van der Waals surface area contributed by atoms with Gasteiger partial charge in [-0.1, -0.05) is 23.8 Å². The van der Waals surface area contributed by atoms with Crippen molar-refractivity contribution in [3.8, 4) is 5.75 Å². The van der Waals surface area contributed by atoms with E-state index >= 15 is 0 Å². The van der Waals surface area contributed by atoms with Crippen LogP contribution in [0.1, 0.15) is 46.1 Å². The first-order valence-corrected chi connectivity index (χ1v) is 10.2. The molecule has 1 saturated heterocycles. The van der Waals surface area contributed by atoms with Crippen molar-refractivity contribution in [2.45, 2.75) is 31.9 Å². The molecule has 30 heavy (non-hydrogen) atoms. The number of rotatable bonds is 4. The fraction of sp³-hybridized carbons (Fsp3) is 0.333. The van der Waals surface area contributed by atoms with E-state index in [2.05, 4.69) is 0 Å². The van der Waals surface area contributed by atoms with Gasteiger partial charge in [-0.25, -0.2) is 0 Å². The van der Waals surface area contributed by atoms with Gasteiger partial charge in [0.2, 0.25) is 5.76 Å². The maximum absolute atomic E-state index is 13.5. The minimum atomic E-state index is -0.510. The van der Waals surface area contributed by atoms with E-state index in [4.69, 9.17) is 13.9 Å². The Morgan fingerprint density at radius 1 is 1.13 bits per heavy atom. The lowest BCUT2D eigenvalue weighted by molar-refractivity contribution is 0.0486. The van der Waals surface area contributed by atoms with Crippen LogP contribution in [0.3, 0.4) is 0 Å². The van der Waals surface area contributed by atoms with Gasteiger partial charge in [0.05, 0.1) is 30.2 Å². The van der Waals surface area contributed by atoms with E-state index in [1.54, 1.807) is 18.1 Å². The van der Waals surface area contributed by atoms with Crippen LogP contribution >= 0.6 is 0 Å². The number of ether oxygens (including phenoxy) is 2. The fourth-order valence-corrected chi connectivity index (χ4v) is 4.46. The van der Waals surface area contributed by atoms with Crippen LogP contribution in [0.25, 0.3) is 11.0 Å². The van der Waals surface area contributed by atoms with Crippen LogP contribution in [0.15, 0.2) is 51.7 Å². The number of fused-ring (bicyclic) bond motifs is 2. The van der Waals surface area contributed by atoms with Gasteiger partial charge in [-0.2, -0.15) is 0 Å². The second-order valence-corrected chi connectivity index (χ2v) is 7.94. The lowest BCUT2D eigenvalue weighted by Gasteiger charge is -2.27. The lowest BCUT2D eigenvalue weighted by atomic mass is 9.98. The number of carbonyl (C=O) groups excluding carboxylic acids is 1. The summed E-state index contributed by atoms with van der Waals surface area (Å²) in [5.41, 5.74) is 2.50. The Hall–Kier alpha value is -3.12. The molecule has 0 N–H and O–H groups in total. The summed E-state index contributed by atoms with van der Waals surface area (Å²) in [7, 11) is 1.61. The first kappa shape index (κ1) is 18.9. The zero-order chi connectivity index (χ0) is 20.8. The molecule has 0 unspecified atom stereocenters. The van der Waals surface area contributed by atoms with Crippen LogP contribution in [0.4, 0.5) is 0 Å². The van der Waals surface area contributed by atoms with E-state index in [1.165, 1.54) is 0 Å². The molecule has 2 aromatic carbocycles. The molecule has 0 saturated carbocycles. The Morgan fingerprint density at radius 3 is 2.63 bits per heavy atom. The van der Waals surface area contributed by atoms with Crippen molar-refractivity contribution in [2.24, 2.45) is 0 Å². The van der Waals surface area contributed by atoms with Crippen molar-refractivity contribution in [3.05, 3.63) is 75.1 Å². The average molecular weight is 405 g/mol. The third-order valence-corrected chi connectivity index (χ3v) is 5.98. The molecule has 2 atom stereocenters. The summed E-state index contributed by atoms with van der Waals surface area (Å²) < 4.78 is 17.0. The molecular formula is C24H23NO5. The second-order valence-electron chi connectivity index (χ2n) is 7.94. The zero-order valence-electron chi connectivity index (χ0n) is 17.0. The molecule has 0 aliphatic carbocycles. The van der Waals surface area contributed by atoms with E-state index in [0.29, 0.717) is 29.7 Å². The summed E-state index contributed by atoms with van der Waals surface area (Å²) in [5, 5.41) is 0.499. The first-order chi connectivity index (χ1) is 14.6. The minimum absolute atomic E-state index is 0.0317. The SMILES string of the molecule is COc1ccc([C@@H]2c3c(oc4ccc(C)cc4c3=O)C(=O)N2C[C@H]2CCCO2)cc1. The molecule has 1 amide bonds. The summed E-state index contributed by atoms with van der Waals surface area (Å²) in [6.07, 6.45) is 1.85. The Morgan fingerprint density at radius 2 is 1.93 bits per heavy atom. The normalized spacial score (nSPS) is 20.7. The molecule has 3 aromatic rings. The number of amides is 1. The number of hydrogen-bond donors (Lipinski definition) is 0. The molecule has 2 aliphatic rings. The second kappa shape index (κ2) is 7.29. The van der Waals surface area contributed by atoms with E-state index in [9.17, 15) is 9.59 Å². The van der Waals surface area contributed by atoms with Gasteiger partial charge in [0, 0.05) is 13.2 Å². The third-order valence-electron chi connectivity index (χ3n) is 5.98. The van der Waals surface area contributed by atoms with Gasteiger partial charge in [-0.15, -0.1) is 0 Å². The summed E-state index contributed by atoms with van der Waals surface area (Å²) >= 11 is 0. The number of nitrogens with zero attached hydrogens (tertiary/aromatic N) is 1. The molecule has 6 heteroatoms. The van der Waals surface area contributed by atoms with Gasteiger partial charge in [-0.05, 0) is 49.6 Å². The van der Waals surface area contributed by atoms with Crippen molar-refractivity contribution in [1.82, 2.24) is 4.90 Å². The molecule has 154 valence electrons. The highest BCUT2D eigenvalue weighted by Crippen LogP contribution is 2.39. The van der Waals surface area contributed by atoms with Gasteiger partial charge < -0.3 is 18.8 Å². The standard InChI is InChI=1S/C24H23NO5/c1-14-5-10-19-18(12-14)22(26)20-21(15-6-8-16(28-2)9-7-15)25(24(27)23(20)30-19)13-17-4-3-11-29-17/h5-10,12,17,21H,3-4,11,13H2,1-2H3/t17-,21-/m1/s1. The summed E-state index contributed by atoms with van der Waals surface area (Å²) in [4.78, 5) is 28.6. The average Bonchev–Trinajstić information content (AvgIpc) is 3.37. The molecule has 1 fully saturated rings. The van der Waals surface area contributed by atoms with Crippen LogP contribution in [0.5, 0.6) is 5.75 Å². The minimum Gasteiger partial charge on any atom is -0.497 e. The molecule has 2 aliphatic heterocycles. The van der Waals surface area contributed by atoms with Crippen molar-refractivity contribution < 1.29 is 18.7 Å². The van der Waals surface area contributed by atoms with Gasteiger partial charge in [0.25, 0.3) is 5.91 Å². The fourth-order valence-electron chi connectivity index (χ4n) is 4.46. The Kier molecular flexibility index (Phi) is 4.59. The van der Waals surface area contributed by atoms with Crippen molar-refractivity contribution >= 4 is 16.9 Å². The number of methoxy groups -OCH3 is 1. The highest BCUT2D eigenvalue weighted by atomic mass is 16.5. The van der Waals surface area contributed by atoms with E-state index < -0.39 is 6.04 Å². The van der Waals surface area contributed by atoms with Gasteiger partial charge in [0.1, 0.15) is 11.3 Å². The quantitative estimate of drug-likeness (QED) is 0.660. The third kappa shape index (κ3) is 2.99. The molecule has 6 nitrogen and oxygen atoms in total. The predicted octanol–water partition coefficient (Wildman–Crippen LogP) is 3.83. The highest BCUT2D eigenvalue weighted by Gasteiger charge is 2.43. The van der Waals surface area contributed by atoms with E-state index in [0.717, 1.165) is 29.7 Å². The molecule has 0 spiro atoms. The molecule has 5 rings (SSSR count). The van der Waals surface area contributed by atoms with Crippen molar-refractivity contribution in [2.75, 3.05) is 20.3 Å². The predicted molar refractivity (Wildman–Crippen MR) is 112 cm³/mol. The van der Waals surface area contributed by atoms with Crippen LogP contribution in [-0.4, -0.2) is 37.2 Å². The van der Waals surface area contributed by atoms with Crippen LogP contribution in [-0.2, 0) is 4.74 Å². The number of hydrogen-bond acceptors (Lipinski definition) is 5. The first-order valence-electron chi connectivity index (χ1n) is 10.2. The maximum atomic E-state index is 13.5. The topological polar surface area (TPSA) is 69.0 Å². The van der Waals surface area contributed by atoms with Crippen LogP contribution in [0, 0.1) is 6.92 Å². The molecule has 0 radical (unpaired) electrons. The van der Waals surface area contributed by atoms with E-state index in [-0.39, 0.29) is 23.2 Å². The van der Waals surface area contributed by atoms with Crippen LogP contribution < -0.4 is 10.2 Å². The highest BCUT2D eigenvalue weighted by molar-refractivity contribution is 5.99. The molecule has 0 bridgehead atoms. The Bertz CT molecular complexity index is 1170. The Balaban J connectivity index is 1.69. The van der Waals surface area contributed by atoms with Gasteiger partial charge in [0.15, 0.2) is 5.43 Å². The molecule has 3 heterocycles. The lowest BCUT2D eigenvalue weighted by Crippen LogP contribution is -2.36. The Labute approximate surface area is 174 Å². The van der Waals surface area contributed by atoms with E-state index in [1.807, 2.05) is 43.3 Å². The largest absolute Gasteiger partial charge is 0.497 e. The number of carbonyl (C=O) groups is 1. The van der Waals surface area contributed by atoms with Crippen LogP contribution in [0.2, 0.25) is 0 Å².